The molecule has 1 saturated heterocycles. The summed E-state index contributed by atoms with van der Waals surface area (Å²) in [4.78, 5) is 1.75. The van der Waals surface area contributed by atoms with E-state index in [9.17, 15) is 21.6 Å². The molecule has 8 nitrogen and oxygen atoms in total. The largest absolute Gasteiger partial charge is 0.453 e. The van der Waals surface area contributed by atoms with Crippen LogP contribution < -0.4 is 4.90 Å². The van der Waals surface area contributed by atoms with E-state index < -0.39 is 22.0 Å². The topological polar surface area (TPSA) is 83.7 Å². The lowest BCUT2D eigenvalue weighted by Crippen LogP contribution is -2.34. The van der Waals surface area contributed by atoms with E-state index in [4.69, 9.17) is 0 Å². The molecule has 0 amide bonds. The maximum absolute atomic E-state index is 12.9. The molecule has 0 bridgehead atoms. The van der Waals surface area contributed by atoms with Crippen molar-refractivity contribution in [1.29, 1.82) is 0 Å². The van der Waals surface area contributed by atoms with Crippen LogP contribution >= 0.6 is 0 Å². The monoisotopic (exact) mass is 364 g/mol. The average Bonchev–Trinajstić information content (AvgIpc) is 2.73. The minimum Gasteiger partial charge on any atom is -0.354 e. The first-order valence-corrected chi connectivity index (χ1v) is 9.01. The van der Waals surface area contributed by atoms with Gasteiger partial charge in [0.2, 0.25) is 10.0 Å². The van der Waals surface area contributed by atoms with Gasteiger partial charge in [0, 0.05) is 26.2 Å². The number of rotatable bonds is 2. The smallest absolute Gasteiger partial charge is 0.354 e. The molecule has 2 aromatic rings. The van der Waals surface area contributed by atoms with Gasteiger partial charge in [-0.15, -0.1) is 15.3 Å². The van der Waals surface area contributed by atoms with E-state index in [0.717, 1.165) is 6.26 Å². The Morgan fingerprint density at radius 2 is 1.83 bits per heavy atom. The van der Waals surface area contributed by atoms with E-state index in [1.807, 2.05) is 0 Å². The van der Waals surface area contributed by atoms with Crippen LogP contribution in [0.3, 0.4) is 0 Å². The molecule has 0 N–H and O–H groups in total. The third-order valence-corrected chi connectivity index (χ3v) is 5.05. The minimum absolute atomic E-state index is 0.00124. The summed E-state index contributed by atoms with van der Waals surface area (Å²) in [6, 6.07) is 2.96. The number of anilines is 1. The second-order valence-electron chi connectivity index (χ2n) is 5.49. The lowest BCUT2D eigenvalue weighted by molar-refractivity contribution is -0.146. The van der Waals surface area contributed by atoms with Crippen molar-refractivity contribution in [1.82, 2.24) is 24.1 Å². The molecule has 0 unspecified atom stereocenters. The zero-order valence-electron chi connectivity index (χ0n) is 12.7. The molecule has 0 atom stereocenters. The molecule has 132 valence electrons. The molecular weight excluding hydrogens is 349 g/mol. The van der Waals surface area contributed by atoms with Crippen LogP contribution in [0.4, 0.5) is 19.0 Å². The Balaban J connectivity index is 1.89. The van der Waals surface area contributed by atoms with Crippen LogP contribution in [-0.2, 0) is 16.2 Å². The standard InChI is InChI=1S/C12H15F3N6O2S/c1-24(22,23)20-6-2-5-19(7-8-20)10-4-3-9-16-17-11(12(13,14)15)21(9)18-10/h3-4H,2,5-8H2,1H3. The molecule has 0 radical (unpaired) electrons. The number of hydrogen-bond donors (Lipinski definition) is 0. The van der Waals surface area contributed by atoms with Crippen molar-refractivity contribution in [2.24, 2.45) is 0 Å². The first kappa shape index (κ1) is 16.9. The highest BCUT2D eigenvalue weighted by Crippen LogP contribution is 2.28. The summed E-state index contributed by atoms with van der Waals surface area (Å²) in [6.07, 6.45) is -2.96. The van der Waals surface area contributed by atoms with Crippen LogP contribution in [0.1, 0.15) is 12.2 Å². The normalized spacial score (nSPS) is 18.1. The Morgan fingerprint density at radius 1 is 1.08 bits per heavy atom. The maximum Gasteiger partial charge on any atom is 0.453 e. The van der Waals surface area contributed by atoms with Crippen LogP contribution in [0, 0.1) is 0 Å². The van der Waals surface area contributed by atoms with E-state index in [1.54, 1.807) is 11.0 Å². The van der Waals surface area contributed by atoms with E-state index in [0.29, 0.717) is 36.4 Å². The Labute approximate surface area is 135 Å². The summed E-state index contributed by atoms with van der Waals surface area (Å²) in [5.74, 6) is -0.866. The van der Waals surface area contributed by atoms with E-state index in [-0.39, 0.29) is 12.2 Å². The predicted molar refractivity (Wildman–Crippen MR) is 79.0 cm³/mol. The summed E-state index contributed by atoms with van der Waals surface area (Å²) in [5, 5.41) is 10.6. The summed E-state index contributed by atoms with van der Waals surface area (Å²) in [6.45, 7) is 1.47. The zero-order chi connectivity index (χ0) is 17.5. The summed E-state index contributed by atoms with van der Waals surface area (Å²) in [5.41, 5.74) is -0.00124. The summed E-state index contributed by atoms with van der Waals surface area (Å²) in [7, 11) is -3.29. The molecule has 3 rings (SSSR count). The van der Waals surface area contributed by atoms with Gasteiger partial charge in [0.15, 0.2) is 5.65 Å². The number of sulfonamides is 1. The van der Waals surface area contributed by atoms with Crippen LogP contribution in [0.5, 0.6) is 0 Å². The van der Waals surface area contributed by atoms with E-state index in [2.05, 4.69) is 15.3 Å². The first-order chi connectivity index (χ1) is 11.2. The predicted octanol–water partition coefficient (Wildman–Crippen LogP) is 0.615. The second kappa shape index (κ2) is 5.84. The van der Waals surface area contributed by atoms with Gasteiger partial charge in [0.05, 0.1) is 6.26 Å². The van der Waals surface area contributed by atoms with Crippen molar-refractivity contribution in [3.63, 3.8) is 0 Å². The van der Waals surface area contributed by atoms with Crippen molar-refractivity contribution in [2.75, 3.05) is 37.3 Å². The Bertz CT molecular complexity index is 850. The van der Waals surface area contributed by atoms with Crippen LogP contribution in [0.15, 0.2) is 12.1 Å². The Hall–Kier alpha value is -1.95. The number of halogens is 3. The zero-order valence-corrected chi connectivity index (χ0v) is 13.5. The summed E-state index contributed by atoms with van der Waals surface area (Å²) >= 11 is 0. The van der Waals surface area contributed by atoms with Crippen molar-refractivity contribution >= 4 is 21.5 Å². The second-order valence-corrected chi connectivity index (χ2v) is 7.47. The minimum atomic E-state index is -4.66. The highest BCUT2D eigenvalue weighted by Gasteiger charge is 2.37. The van der Waals surface area contributed by atoms with Gasteiger partial charge < -0.3 is 4.90 Å². The van der Waals surface area contributed by atoms with Gasteiger partial charge in [-0.1, -0.05) is 0 Å². The number of alkyl halides is 3. The van der Waals surface area contributed by atoms with Gasteiger partial charge in [-0.3, -0.25) is 0 Å². The molecule has 1 aliphatic heterocycles. The molecule has 0 aromatic carbocycles. The quantitative estimate of drug-likeness (QED) is 0.777. The van der Waals surface area contributed by atoms with Crippen LogP contribution in [-0.4, -0.2) is 65.0 Å². The van der Waals surface area contributed by atoms with E-state index in [1.165, 1.54) is 10.4 Å². The summed E-state index contributed by atoms with van der Waals surface area (Å²) < 4.78 is 64.0. The first-order valence-electron chi connectivity index (χ1n) is 7.16. The third kappa shape index (κ3) is 3.29. The van der Waals surface area contributed by atoms with Gasteiger partial charge >= 0.3 is 6.18 Å². The van der Waals surface area contributed by atoms with Gasteiger partial charge in [0.1, 0.15) is 5.82 Å². The van der Waals surface area contributed by atoms with Crippen molar-refractivity contribution in [3.8, 4) is 0 Å². The molecule has 0 aliphatic carbocycles. The maximum atomic E-state index is 12.9. The van der Waals surface area contributed by atoms with Crippen molar-refractivity contribution in [2.45, 2.75) is 12.6 Å². The molecular formula is C12H15F3N6O2S. The van der Waals surface area contributed by atoms with Crippen LogP contribution in [0.2, 0.25) is 0 Å². The number of fused-ring (bicyclic) bond motifs is 1. The molecule has 2 aromatic heterocycles. The third-order valence-electron chi connectivity index (χ3n) is 3.75. The molecule has 1 aliphatic rings. The molecule has 3 heterocycles. The lowest BCUT2D eigenvalue weighted by Gasteiger charge is -2.21. The number of nitrogens with zero attached hydrogens (tertiary/aromatic N) is 6. The van der Waals surface area contributed by atoms with Crippen molar-refractivity contribution < 1.29 is 21.6 Å². The Morgan fingerprint density at radius 3 is 2.50 bits per heavy atom. The molecule has 0 saturated carbocycles. The van der Waals surface area contributed by atoms with Gasteiger partial charge in [-0.2, -0.15) is 17.7 Å². The average molecular weight is 364 g/mol. The Kier molecular flexibility index (Phi) is 4.11. The fourth-order valence-electron chi connectivity index (χ4n) is 2.58. The fraction of sp³-hybridized carbons (Fsp3) is 0.583. The van der Waals surface area contributed by atoms with Gasteiger partial charge in [-0.25, -0.2) is 12.7 Å². The van der Waals surface area contributed by atoms with Crippen molar-refractivity contribution in [3.05, 3.63) is 18.0 Å². The van der Waals surface area contributed by atoms with E-state index >= 15 is 0 Å². The van der Waals surface area contributed by atoms with Gasteiger partial charge in [-0.05, 0) is 18.6 Å². The van der Waals surface area contributed by atoms with Gasteiger partial charge in [0.25, 0.3) is 5.82 Å². The fourth-order valence-corrected chi connectivity index (χ4v) is 3.45. The SMILES string of the molecule is CS(=O)(=O)N1CCCN(c2ccc3nnc(C(F)(F)F)n3n2)CC1. The number of aromatic nitrogens is 4. The number of hydrogen-bond acceptors (Lipinski definition) is 6. The lowest BCUT2D eigenvalue weighted by atomic mass is 10.4. The van der Waals surface area contributed by atoms with Crippen LogP contribution in [0.25, 0.3) is 5.65 Å². The molecule has 24 heavy (non-hydrogen) atoms. The highest BCUT2D eigenvalue weighted by atomic mass is 32.2. The highest BCUT2D eigenvalue weighted by molar-refractivity contribution is 7.88. The molecule has 1 fully saturated rings. The molecule has 0 spiro atoms. The molecule has 12 heteroatoms.